The van der Waals surface area contributed by atoms with Crippen molar-refractivity contribution in [3.63, 3.8) is 0 Å². The van der Waals surface area contributed by atoms with Gasteiger partial charge in [-0.2, -0.15) is 4.72 Å². The fourth-order valence-corrected chi connectivity index (χ4v) is 3.96. The van der Waals surface area contributed by atoms with Crippen molar-refractivity contribution in [3.8, 4) is 0 Å². The summed E-state index contributed by atoms with van der Waals surface area (Å²) < 4.78 is 27.6. The van der Waals surface area contributed by atoms with Crippen LogP contribution in [0.4, 0.5) is 17.1 Å². The molecule has 0 radical (unpaired) electrons. The molecule has 2 aromatic carbocycles. The molecule has 0 aliphatic carbocycles. The van der Waals surface area contributed by atoms with Crippen molar-refractivity contribution in [2.75, 3.05) is 5.32 Å². The maximum atomic E-state index is 12.7. The van der Waals surface area contributed by atoms with E-state index in [4.69, 9.17) is 0 Å². The monoisotopic (exact) mass is 422 g/mol. The number of amides is 1. The summed E-state index contributed by atoms with van der Waals surface area (Å²) in [6.07, 6.45) is 0. The molecule has 1 amide bonds. The fraction of sp³-hybridized carbons (Fsp3) is 0.235. The Balaban J connectivity index is 2.26. The Hall–Kier alpha value is -3.38. The summed E-state index contributed by atoms with van der Waals surface area (Å²) in [6, 6.07) is 8.56. The third-order valence-corrected chi connectivity index (χ3v) is 5.42. The lowest BCUT2D eigenvalue weighted by atomic mass is 10.0. The van der Waals surface area contributed by atoms with Gasteiger partial charge in [-0.15, -0.1) is 0 Å². The summed E-state index contributed by atoms with van der Waals surface area (Å²) in [6.45, 7) is 3.20. The fourth-order valence-electron chi connectivity index (χ4n) is 2.44. The third kappa shape index (κ3) is 5.33. The van der Waals surface area contributed by atoms with Crippen LogP contribution in [0.15, 0.2) is 53.4 Å². The molecule has 12 heteroatoms. The minimum Gasteiger partial charge on any atom is -0.325 e. The lowest BCUT2D eigenvalue weighted by Crippen LogP contribution is -2.47. The second-order valence-electron chi connectivity index (χ2n) is 6.36. The van der Waals surface area contributed by atoms with Gasteiger partial charge in [-0.25, -0.2) is 8.42 Å². The number of rotatable bonds is 8. The molecule has 0 aromatic heterocycles. The molecule has 0 unspecified atom stereocenters. The molecule has 0 saturated heterocycles. The molecule has 0 heterocycles. The van der Waals surface area contributed by atoms with E-state index in [1.807, 2.05) is 0 Å². The van der Waals surface area contributed by atoms with E-state index in [1.165, 1.54) is 36.4 Å². The molecule has 154 valence electrons. The second kappa shape index (κ2) is 8.75. The molecule has 0 saturated carbocycles. The Morgan fingerprint density at radius 3 is 2.07 bits per heavy atom. The van der Waals surface area contributed by atoms with Crippen LogP contribution in [0.1, 0.15) is 13.8 Å². The smallest absolute Gasteiger partial charge is 0.289 e. The maximum absolute atomic E-state index is 12.7. The highest BCUT2D eigenvalue weighted by Crippen LogP contribution is 2.24. The molecule has 29 heavy (non-hydrogen) atoms. The number of anilines is 1. The lowest BCUT2D eigenvalue weighted by molar-refractivity contribution is -0.387. The number of hydrogen-bond donors (Lipinski definition) is 2. The summed E-state index contributed by atoms with van der Waals surface area (Å²) in [5.74, 6) is -1.21. The largest absolute Gasteiger partial charge is 0.325 e. The van der Waals surface area contributed by atoms with Gasteiger partial charge in [0.2, 0.25) is 15.9 Å². The Kier molecular flexibility index (Phi) is 6.61. The number of para-hydroxylation sites is 1. The van der Waals surface area contributed by atoms with Crippen LogP contribution in [-0.4, -0.2) is 30.2 Å². The quantitative estimate of drug-likeness (QED) is 0.487. The number of carbonyl (C=O) groups is 1. The normalized spacial score (nSPS) is 12.4. The first-order valence-corrected chi connectivity index (χ1v) is 9.82. The molecule has 1 atom stereocenters. The number of sulfonamides is 1. The van der Waals surface area contributed by atoms with Gasteiger partial charge >= 0.3 is 0 Å². The Morgan fingerprint density at radius 2 is 1.55 bits per heavy atom. The number of carbonyl (C=O) groups excluding carboxylic acids is 1. The third-order valence-electron chi connectivity index (χ3n) is 3.93. The van der Waals surface area contributed by atoms with E-state index in [9.17, 15) is 33.4 Å². The number of nitrogens with one attached hydrogen (secondary N) is 2. The lowest BCUT2D eigenvalue weighted by Gasteiger charge is -2.21. The van der Waals surface area contributed by atoms with Gasteiger partial charge in [-0.3, -0.25) is 25.0 Å². The van der Waals surface area contributed by atoms with E-state index < -0.39 is 48.3 Å². The molecule has 0 bridgehead atoms. The van der Waals surface area contributed by atoms with Gasteiger partial charge in [0.05, 0.1) is 9.85 Å². The molecule has 0 aliphatic rings. The highest BCUT2D eigenvalue weighted by molar-refractivity contribution is 7.89. The van der Waals surface area contributed by atoms with Crippen molar-refractivity contribution in [3.05, 3.63) is 68.8 Å². The van der Waals surface area contributed by atoms with E-state index in [1.54, 1.807) is 13.8 Å². The van der Waals surface area contributed by atoms with Crippen LogP contribution in [0.3, 0.4) is 0 Å². The van der Waals surface area contributed by atoms with Crippen LogP contribution in [-0.2, 0) is 14.8 Å². The summed E-state index contributed by atoms with van der Waals surface area (Å²) in [7, 11) is -4.38. The molecular weight excluding hydrogens is 404 g/mol. The van der Waals surface area contributed by atoms with E-state index in [-0.39, 0.29) is 11.4 Å². The van der Waals surface area contributed by atoms with Crippen molar-refractivity contribution in [1.29, 1.82) is 0 Å². The van der Waals surface area contributed by atoms with E-state index in [0.717, 1.165) is 12.1 Å². The van der Waals surface area contributed by atoms with Crippen LogP contribution < -0.4 is 10.0 Å². The molecule has 0 fully saturated rings. The van der Waals surface area contributed by atoms with E-state index >= 15 is 0 Å². The predicted octanol–water partition coefficient (Wildman–Crippen LogP) is 2.44. The van der Waals surface area contributed by atoms with Crippen LogP contribution in [0.5, 0.6) is 0 Å². The molecule has 2 N–H and O–H groups in total. The number of nitro groups is 2. The summed E-state index contributed by atoms with van der Waals surface area (Å²) in [5.41, 5.74) is -0.546. The standard InChI is InChI=1S/C17H18N4O7S/c1-11(2)16(17(22)18-12-7-9-13(10-8-12)20(23)24)19-29(27,28)15-6-4-3-5-14(15)21(25)26/h3-11,16,19H,1-2H3,(H,18,22)/t16-/m1/s1. The zero-order valence-corrected chi connectivity index (χ0v) is 16.3. The van der Waals surface area contributed by atoms with Crippen molar-refractivity contribution < 1.29 is 23.1 Å². The number of hydrogen-bond acceptors (Lipinski definition) is 7. The van der Waals surface area contributed by atoms with Crippen molar-refractivity contribution in [2.24, 2.45) is 5.92 Å². The van der Waals surface area contributed by atoms with Crippen molar-refractivity contribution in [1.82, 2.24) is 4.72 Å². The van der Waals surface area contributed by atoms with E-state index in [2.05, 4.69) is 10.0 Å². The SMILES string of the molecule is CC(C)[C@@H](NS(=O)(=O)c1ccccc1[N+](=O)[O-])C(=O)Nc1ccc([N+](=O)[O-])cc1. The van der Waals surface area contributed by atoms with Gasteiger partial charge in [0.15, 0.2) is 4.90 Å². The number of benzene rings is 2. The average Bonchev–Trinajstić information content (AvgIpc) is 2.66. The zero-order valence-electron chi connectivity index (χ0n) is 15.4. The zero-order chi connectivity index (χ0) is 21.8. The highest BCUT2D eigenvalue weighted by atomic mass is 32.2. The van der Waals surface area contributed by atoms with Gasteiger partial charge in [-0.1, -0.05) is 26.0 Å². The van der Waals surface area contributed by atoms with Gasteiger partial charge in [-0.05, 0) is 24.1 Å². The molecule has 0 spiro atoms. The Morgan fingerprint density at radius 1 is 0.966 bits per heavy atom. The maximum Gasteiger partial charge on any atom is 0.289 e. The van der Waals surface area contributed by atoms with Gasteiger partial charge < -0.3 is 5.32 Å². The molecule has 11 nitrogen and oxygen atoms in total. The average molecular weight is 422 g/mol. The first-order valence-electron chi connectivity index (χ1n) is 8.34. The van der Waals surface area contributed by atoms with Crippen LogP contribution in [0.25, 0.3) is 0 Å². The minimum atomic E-state index is -4.38. The molecule has 0 aliphatic heterocycles. The second-order valence-corrected chi connectivity index (χ2v) is 8.04. The number of non-ortho nitro benzene ring substituents is 1. The van der Waals surface area contributed by atoms with Crippen LogP contribution >= 0.6 is 0 Å². The summed E-state index contributed by atoms with van der Waals surface area (Å²) in [5, 5.41) is 24.3. The number of nitrogens with zero attached hydrogens (tertiary/aromatic N) is 2. The minimum absolute atomic E-state index is 0.166. The molecular formula is C17H18N4O7S. The summed E-state index contributed by atoms with van der Waals surface area (Å²) >= 11 is 0. The number of nitro benzene ring substituents is 2. The molecule has 2 rings (SSSR count). The Labute approximate surface area is 166 Å². The van der Waals surface area contributed by atoms with Gasteiger partial charge in [0, 0.05) is 23.9 Å². The van der Waals surface area contributed by atoms with Crippen LogP contribution in [0, 0.1) is 26.1 Å². The van der Waals surface area contributed by atoms with Crippen molar-refractivity contribution >= 4 is 33.0 Å². The highest BCUT2D eigenvalue weighted by Gasteiger charge is 2.32. The van der Waals surface area contributed by atoms with Crippen molar-refractivity contribution in [2.45, 2.75) is 24.8 Å². The first kappa shape index (κ1) is 21.9. The summed E-state index contributed by atoms with van der Waals surface area (Å²) in [4.78, 5) is 32.4. The first-order chi connectivity index (χ1) is 13.5. The topological polar surface area (TPSA) is 162 Å². The van der Waals surface area contributed by atoms with Gasteiger partial charge in [0.1, 0.15) is 6.04 Å². The molecule has 2 aromatic rings. The van der Waals surface area contributed by atoms with Gasteiger partial charge in [0.25, 0.3) is 11.4 Å². The van der Waals surface area contributed by atoms with E-state index in [0.29, 0.717) is 0 Å². The Bertz CT molecular complexity index is 1040. The predicted molar refractivity (Wildman–Crippen MR) is 104 cm³/mol. The van der Waals surface area contributed by atoms with Crippen LogP contribution in [0.2, 0.25) is 0 Å².